The summed E-state index contributed by atoms with van der Waals surface area (Å²) in [6.07, 6.45) is 2.49. The van der Waals surface area contributed by atoms with Gasteiger partial charge in [0.1, 0.15) is 9.71 Å². The van der Waals surface area contributed by atoms with Crippen LogP contribution < -0.4 is 5.56 Å². The van der Waals surface area contributed by atoms with Gasteiger partial charge in [-0.1, -0.05) is 13.8 Å². The van der Waals surface area contributed by atoms with E-state index < -0.39 is 0 Å². The molecule has 5 nitrogen and oxygen atoms in total. The minimum Gasteiger partial charge on any atom is -0.462 e. The Kier molecular flexibility index (Phi) is 4.77. The van der Waals surface area contributed by atoms with E-state index >= 15 is 0 Å². The van der Waals surface area contributed by atoms with E-state index in [2.05, 4.69) is 18.8 Å². The topological polar surface area (TPSA) is 61.2 Å². The summed E-state index contributed by atoms with van der Waals surface area (Å²) in [6.45, 7) is 8.73. The van der Waals surface area contributed by atoms with Crippen molar-refractivity contribution in [2.45, 2.75) is 40.7 Å². The van der Waals surface area contributed by atoms with Gasteiger partial charge in [0.15, 0.2) is 0 Å². The van der Waals surface area contributed by atoms with Crippen molar-refractivity contribution in [3.63, 3.8) is 0 Å². The van der Waals surface area contributed by atoms with Crippen molar-refractivity contribution >= 4 is 27.5 Å². The van der Waals surface area contributed by atoms with Gasteiger partial charge in [-0.2, -0.15) is 0 Å². The van der Waals surface area contributed by atoms with Gasteiger partial charge in [-0.25, -0.2) is 9.78 Å². The first-order valence-electron chi connectivity index (χ1n) is 7.11. The molecule has 114 valence electrons. The van der Waals surface area contributed by atoms with Crippen molar-refractivity contribution in [3.05, 3.63) is 27.1 Å². The molecule has 0 aromatic carbocycles. The van der Waals surface area contributed by atoms with Gasteiger partial charge in [0.2, 0.25) is 0 Å². The first kappa shape index (κ1) is 15.7. The normalized spacial score (nSPS) is 11.3. The molecular weight excluding hydrogens is 288 g/mol. The number of nitrogens with zero attached hydrogens (tertiary/aromatic N) is 2. The number of thiophene rings is 1. The van der Waals surface area contributed by atoms with Gasteiger partial charge in [0.05, 0.1) is 18.3 Å². The van der Waals surface area contributed by atoms with Crippen molar-refractivity contribution in [1.29, 1.82) is 0 Å². The lowest BCUT2D eigenvalue weighted by Crippen LogP contribution is -2.21. The second-order valence-electron chi connectivity index (χ2n) is 5.38. The van der Waals surface area contributed by atoms with Crippen molar-refractivity contribution in [3.8, 4) is 0 Å². The predicted octanol–water partition coefficient (Wildman–Crippen LogP) is 2.99. The Hall–Kier alpha value is -1.69. The minimum atomic E-state index is -0.383. The van der Waals surface area contributed by atoms with Crippen molar-refractivity contribution in [2.75, 3.05) is 6.61 Å². The molecular formula is C15H20N2O3S. The summed E-state index contributed by atoms with van der Waals surface area (Å²) in [6, 6.07) is 0. The van der Waals surface area contributed by atoms with Crippen LogP contribution in [0.1, 0.15) is 42.4 Å². The third kappa shape index (κ3) is 3.15. The van der Waals surface area contributed by atoms with Crippen LogP contribution in [0, 0.1) is 12.8 Å². The first-order chi connectivity index (χ1) is 9.95. The fraction of sp³-hybridized carbons (Fsp3) is 0.533. The fourth-order valence-corrected chi connectivity index (χ4v) is 3.14. The number of aromatic nitrogens is 2. The van der Waals surface area contributed by atoms with E-state index in [0.717, 1.165) is 6.42 Å². The van der Waals surface area contributed by atoms with Gasteiger partial charge < -0.3 is 4.74 Å². The van der Waals surface area contributed by atoms with Gasteiger partial charge in [-0.3, -0.25) is 9.36 Å². The zero-order valence-electron chi connectivity index (χ0n) is 12.8. The molecule has 2 rings (SSSR count). The molecule has 21 heavy (non-hydrogen) atoms. The second-order valence-corrected chi connectivity index (χ2v) is 6.38. The molecule has 0 amide bonds. The molecule has 2 aromatic rings. The van der Waals surface area contributed by atoms with Crippen LogP contribution in [-0.2, 0) is 11.3 Å². The van der Waals surface area contributed by atoms with Gasteiger partial charge in [-0.05, 0) is 31.7 Å². The van der Waals surface area contributed by atoms with Crippen LogP contribution in [0.15, 0.2) is 11.1 Å². The molecule has 0 aliphatic carbocycles. The third-order valence-electron chi connectivity index (χ3n) is 3.33. The lowest BCUT2D eigenvalue weighted by molar-refractivity contribution is 0.0531. The third-order valence-corrected chi connectivity index (χ3v) is 4.51. The number of fused-ring (bicyclic) bond motifs is 1. The Labute approximate surface area is 127 Å². The summed E-state index contributed by atoms with van der Waals surface area (Å²) in [4.78, 5) is 29.8. The van der Waals surface area contributed by atoms with E-state index in [1.165, 1.54) is 11.3 Å². The SMILES string of the molecule is CCOC(=O)c1sc2ncn(CCC(C)C)c(=O)c2c1C. The maximum absolute atomic E-state index is 12.5. The van der Waals surface area contributed by atoms with E-state index in [4.69, 9.17) is 4.74 Å². The molecule has 0 N–H and O–H groups in total. The Morgan fingerprint density at radius 3 is 2.81 bits per heavy atom. The molecule has 0 bridgehead atoms. The van der Waals surface area contributed by atoms with E-state index in [1.807, 2.05) is 0 Å². The fourth-order valence-electron chi connectivity index (χ4n) is 2.11. The average Bonchev–Trinajstić information content (AvgIpc) is 2.76. The number of hydrogen-bond donors (Lipinski definition) is 0. The number of rotatable bonds is 5. The van der Waals surface area contributed by atoms with Crippen LogP contribution in [0.25, 0.3) is 10.2 Å². The maximum atomic E-state index is 12.5. The maximum Gasteiger partial charge on any atom is 0.348 e. The molecule has 0 radical (unpaired) electrons. The Bertz CT molecular complexity index is 716. The van der Waals surface area contributed by atoms with Crippen molar-refractivity contribution in [1.82, 2.24) is 9.55 Å². The molecule has 0 saturated carbocycles. The van der Waals surface area contributed by atoms with Crippen LogP contribution in [-0.4, -0.2) is 22.1 Å². The Morgan fingerprint density at radius 2 is 2.19 bits per heavy atom. The summed E-state index contributed by atoms with van der Waals surface area (Å²) in [5.41, 5.74) is 0.592. The molecule has 0 spiro atoms. The molecule has 0 saturated heterocycles. The number of aryl methyl sites for hydroxylation is 2. The largest absolute Gasteiger partial charge is 0.462 e. The highest BCUT2D eigenvalue weighted by Gasteiger charge is 2.20. The summed E-state index contributed by atoms with van der Waals surface area (Å²) in [5, 5.41) is 0.536. The zero-order chi connectivity index (χ0) is 15.6. The standard InChI is InChI=1S/C15H20N2O3S/c1-5-20-15(19)12-10(4)11-13(21-12)16-8-17(14(11)18)7-6-9(2)3/h8-9H,5-7H2,1-4H3. The molecule has 0 aliphatic rings. The minimum absolute atomic E-state index is 0.0788. The zero-order valence-corrected chi connectivity index (χ0v) is 13.6. The highest BCUT2D eigenvalue weighted by Crippen LogP contribution is 2.27. The predicted molar refractivity (Wildman–Crippen MR) is 84.0 cm³/mol. The quantitative estimate of drug-likeness (QED) is 0.797. The van der Waals surface area contributed by atoms with Crippen LogP contribution >= 0.6 is 11.3 Å². The van der Waals surface area contributed by atoms with E-state index in [0.29, 0.717) is 39.7 Å². The van der Waals surface area contributed by atoms with Gasteiger partial charge in [-0.15, -0.1) is 11.3 Å². The number of esters is 1. The lowest BCUT2D eigenvalue weighted by atomic mass is 10.1. The summed E-state index contributed by atoms with van der Waals surface area (Å²) in [7, 11) is 0. The van der Waals surface area contributed by atoms with Crippen LogP contribution in [0.4, 0.5) is 0 Å². The van der Waals surface area contributed by atoms with Gasteiger partial charge in [0.25, 0.3) is 5.56 Å². The summed E-state index contributed by atoms with van der Waals surface area (Å²) < 4.78 is 6.64. The first-order valence-corrected chi connectivity index (χ1v) is 7.93. The molecule has 0 fully saturated rings. The molecule has 0 unspecified atom stereocenters. The van der Waals surface area contributed by atoms with Crippen LogP contribution in [0.5, 0.6) is 0 Å². The average molecular weight is 308 g/mol. The smallest absolute Gasteiger partial charge is 0.348 e. The lowest BCUT2D eigenvalue weighted by Gasteiger charge is -2.07. The monoisotopic (exact) mass is 308 g/mol. The molecule has 0 aliphatic heterocycles. The van der Waals surface area contributed by atoms with E-state index in [9.17, 15) is 9.59 Å². The van der Waals surface area contributed by atoms with Gasteiger partial charge in [0, 0.05) is 6.54 Å². The van der Waals surface area contributed by atoms with Gasteiger partial charge >= 0.3 is 5.97 Å². The second kappa shape index (κ2) is 6.39. The Morgan fingerprint density at radius 1 is 1.48 bits per heavy atom. The molecule has 6 heteroatoms. The number of hydrogen-bond acceptors (Lipinski definition) is 5. The number of carbonyl (C=O) groups excluding carboxylic acids is 1. The number of ether oxygens (including phenoxy) is 1. The van der Waals surface area contributed by atoms with Crippen LogP contribution in [0.3, 0.4) is 0 Å². The highest BCUT2D eigenvalue weighted by atomic mass is 32.1. The van der Waals surface area contributed by atoms with Crippen LogP contribution in [0.2, 0.25) is 0 Å². The van der Waals surface area contributed by atoms with Crippen molar-refractivity contribution in [2.24, 2.45) is 5.92 Å². The van der Waals surface area contributed by atoms with Crippen molar-refractivity contribution < 1.29 is 9.53 Å². The molecule has 0 atom stereocenters. The summed E-state index contributed by atoms with van der Waals surface area (Å²) in [5.74, 6) is 0.136. The number of carbonyl (C=O) groups is 1. The summed E-state index contributed by atoms with van der Waals surface area (Å²) >= 11 is 1.22. The highest BCUT2D eigenvalue weighted by molar-refractivity contribution is 7.20. The molecule has 2 aromatic heterocycles. The molecule has 2 heterocycles. The van der Waals surface area contributed by atoms with E-state index in [1.54, 1.807) is 24.7 Å². The Balaban J connectivity index is 2.47. The van der Waals surface area contributed by atoms with E-state index in [-0.39, 0.29) is 11.5 Å².